The number of hydrogen-bond acceptors (Lipinski definition) is 4. The van der Waals surface area contributed by atoms with Gasteiger partial charge in [0.05, 0.1) is 19.8 Å². The molecule has 2 rings (SSSR count). The van der Waals surface area contributed by atoms with Gasteiger partial charge in [-0.05, 0) is 43.2 Å². The van der Waals surface area contributed by atoms with E-state index in [1.165, 1.54) is 0 Å². The summed E-state index contributed by atoms with van der Waals surface area (Å²) in [5.41, 5.74) is 6.08. The van der Waals surface area contributed by atoms with Crippen molar-refractivity contribution in [2.75, 3.05) is 13.7 Å². The van der Waals surface area contributed by atoms with Crippen molar-refractivity contribution in [3.8, 4) is 11.5 Å². The Morgan fingerprint density at radius 1 is 1.14 bits per heavy atom. The Balaban J connectivity index is 2.35. The maximum absolute atomic E-state index is 5.76. The number of ether oxygens (including phenoxy) is 2. The molecular weight excluding hydrogens is 264 g/mol. The van der Waals surface area contributed by atoms with Crippen LogP contribution in [0.1, 0.15) is 29.7 Å². The molecule has 0 spiro atoms. The first-order chi connectivity index (χ1) is 10.2. The molecule has 3 N–H and O–H groups in total. The SMILES string of the molecule is CCOc1ccc(C(NN)c2ccc(C)cc2OC)cc1. The Kier molecular flexibility index (Phi) is 5.20. The van der Waals surface area contributed by atoms with Gasteiger partial charge in [0.1, 0.15) is 11.5 Å². The topological polar surface area (TPSA) is 56.5 Å². The number of rotatable bonds is 6. The zero-order valence-electron chi connectivity index (χ0n) is 12.7. The summed E-state index contributed by atoms with van der Waals surface area (Å²) in [5.74, 6) is 7.44. The number of hydrogen-bond donors (Lipinski definition) is 2. The molecule has 0 bridgehead atoms. The van der Waals surface area contributed by atoms with Crippen molar-refractivity contribution in [3.05, 3.63) is 59.2 Å². The van der Waals surface area contributed by atoms with Gasteiger partial charge in [0.25, 0.3) is 0 Å². The van der Waals surface area contributed by atoms with Crippen molar-refractivity contribution >= 4 is 0 Å². The van der Waals surface area contributed by atoms with Crippen molar-refractivity contribution in [3.63, 3.8) is 0 Å². The zero-order chi connectivity index (χ0) is 15.2. The van der Waals surface area contributed by atoms with E-state index in [9.17, 15) is 0 Å². The fourth-order valence-electron chi connectivity index (χ4n) is 2.35. The first kappa shape index (κ1) is 15.4. The van der Waals surface area contributed by atoms with E-state index in [1.54, 1.807) is 7.11 Å². The number of nitrogens with two attached hydrogens (primary N) is 1. The molecule has 0 fully saturated rings. The first-order valence-electron chi connectivity index (χ1n) is 7.03. The molecule has 4 nitrogen and oxygen atoms in total. The third-order valence-electron chi connectivity index (χ3n) is 3.39. The van der Waals surface area contributed by atoms with Gasteiger partial charge in [-0.15, -0.1) is 0 Å². The van der Waals surface area contributed by atoms with Crippen LogP contribution in [0.2, 0.25) is 0 Å². The van der Waals surface area contributed by atoms with Crippen molar-refractivity contribution in [1.82, 2.24) is 5.43 Å². The van der Waals surface area contributed by atoms with Gasteiger partial charge in [-0.2, -0.15) is 0 Å². The van der Waals surface area contributed by atoms with E-state index >= 15 is 0 Å². The monoisotopic (exact) mass is 286 g/mol. The molecular formula is C17H22N2O2. The molecule has 0 heterocycles. The van der Waals surface area contributed by atoms with Crippen molar-refractivity contribution in [2.24, 2.45) is 5.84 Å². The first-order valence-corrected chi connectivity index (χ1v) is 7.03. The summed E-state index contributed by atoms with van der Waals surface area (Å²) in [4.78, 5) is 0. The highest BCUT2D eigenvalue weighted by Gasteiger charge is 2.17. The number of methoxy groups -OCH3 is 1. The summed E-state index contributed by atoms with van der Waals surface area (Å²) in [6.45, 7) is 4.66. The lowest BCUT2D eigenvalue weighted by atomic mass is 9.97. The predicted octanol–water partition coefficient (Wildman–Crippen LogP) is 2.96. The second-order valence-corrected chi connectivity index (χ2v) is 4.85. The Hall–Kier alpha value is -2.04. The van der Waals surface area contributed by atoms with Gasteiger partial charge in [0.15, 0.2) is 0 Å². The smallest absolute Gasteiger partial charge is 0.124 e. The summed E-state index contributed by atoms with van der Waals surface area (Å²) in [5, 5.41) is 0. The lowest BCUT2D eigenvalue weighted by molar-refractivity contribution is 0.340. The predicted molar refractivity (Wildman–Crippen MR) is 84.5 cm³/mol. The highest BCUT2D eigenvalue weighted by atomic mass is 16.5. The Morgan fingerprint density at radius 2 is 1.86 bits per heavy atom. The van der Waals surface area contributed by atoms with E-state index in [0.717, 1.165) is 28.2 Å². The second kappa shape index (κ2) is 7.11. The lowest BCUT2D eigenvalue weighted by Gasteiger charge is -2.20. The summed E-state index contributed by atoms with van der Waals surface area (Å²) >= 11 is 0. The quantitative estimate of drug-likeness (QED) is 0.633. The maximum Gasteiger partial charge on any atom is 0.124 e. The highest BCUT2D eigenvalue weighted by molar-refractivity contribution is 5.44. The fraction of sp³-hybridized carbons (Fsp3) is 0.294. The molecule has 4 heteroatoms. The molecule has 1 unspecified atom stereocenters. The Morgan fingerprint density at radius 3 is 2.43 bits per heavy atom. The maximum atomic E-state index is 5.76. The van der Waals surface area contributed by atoms with Crippen molar-refractivity contribution in [2.45, 2.75) is 19.9 Å². The van der Waals surface area contributed by atoms with E-state index in [2.05, 4.69) is 11.5 Å². The van der Waals surface area contributed by atoms with Crippen LogP contribution in [0, 0.1) is 6.92 Å². The number of hydrazine groups is 1. The van der Waals surface area contributed by atoms with Crippen LogP contribution in [0.25, 0.3) is 0 Å². The minimum absolute atomic E-state index is 0.128. The van der Waals surface area contributed by atoms with Gasteiger partial charge in [-0.25, -0.2) is 5.43 Å². The van der Waals surface area contributed by atoms with Crippen molar-refractivity contribution < 1.29 is 9.47 Å². The van der Waals surface area contributed by atoms with E-state index in [4.69, 9.17) is 15.3 Å². The van der Waals surface area contributed by atoms with Crippen LogP contribution < -0.4 is 20.7 Å². The minimum Gasteiger partial charge on any atom is -0.496 e. The Labute approximate surface area is 125 Å². The molecule has 0 amide bonds. The molecule has 0 saturated heterocycles. The van der Waals surface area contributed by atoms with E-state index in [1.807, 2.05) is 50.2 Å². The number of aryl methyl sites for hydroxylation is 1. The van der Waals surface area contributed by atoms with Gasteiger partial charge in [0, 0.05) is 5.56 Å². The summed E-state index contributed by atoms with van der Waals surface area (Å²) in [6, 6.07) is 13.9. The van der Waals surface area contributed by atoms with Crippen LogP contribution in [0.15, 0.2) is 42.5 Å². The number of nitrogens with one attached hydrogen (secondary N) is 1. The third kappa shape index (κ3) is 3.54. The van der Waals surface area contributed by atoms with E-state index < -0.39 is 0 Å². The van der Waals surface area contributed by atoms with Crippen molar-refractivity contribution in [1.29, 1.82) is 0 Å². The average Bonchev–Trinajstić information content (AvgIpc) is 2.51. The molecule has 0 aliphatic carbocycles. The summed E-state index contributed by atoms with van der Waals surface area (Å²) in [7, 11) is 1.67. The van der Waals surface area contributed by atoms with Gasteiger partial charge < -0.3 is 9.47 Å². The number of benzene rings is 2. The molecule has 2 aromatic rings. The Bertz CT molecular complexity index is 582. The van der Waals surface area contributed by atoms with Crippen LogP contribution in [0.5, 0.6) is 11.5 Å². The molecule has 0 saturated carbocycles. The van der Waals surface area contributed by atoms with Gasteiger partial charge >= 0.3 is 0 Å². The average molecular weight is 286 g/mol. The van der Waals surface area contributed by atoms with Gasteiger partial charge in [0.2, 0.25) is 0 Å². The lowest BCUT2D eigenvalue weighted by Crippen LogP contribution is -2.29. The van der Waals surface area contributed by atoms with Crippen LogP contribution in [0.4, 0.5) is 0 Å². The van der Waals surface area contributed by atoms with Crippen LogP contribution in [-0.2, 0) is 0 Å². The highest BCUT2D eigenvalue weighted by Crippen LogP contribution is 2.31. The van der Waals surface area contributed by atoms with Crippen LogP contribution in [-0.4, -0.2) is 13.7 Å². The van der Waals surface area contributed by atoms with Crippen LogP contribution >= 0.6 is 0 Å². The standard InChI is InChI=1S/C17H22N2O2/c1-4-21-14-8-6-13(7-9-14)17(19-18)15-10-5-12(2)11-16(15)20-3/h5-11,17,19H,4,18H2,1-3H3. The largest absolute Gasteiger partial charge is 0.496 e. The van der Waals surface area contributed by atoms with E-state index in [-0.39, 0.29) is 6.04 Å². The summed E-state index contributed by atoms with van der Waals surface area (Å²) in [6.07, 6.45) is 0. The minimum atomic E-state index is -0.128. The second-order valence-electron chi connectivity index (χ2n) is 4.85. The molecule has 2 aromatic carbocycles. The van der Waals surface area contributed by atoms with Crippen LogP contribution in [0.3, 0.4) is 0 Å². The zero-order valence-corrected chi connectivity index (χ0v) is 12.7. The van der Waals surface area contributed by atoms with Gasteiger partial charge in [-0.1, -0.05) is 24.3 Å². The fourth-order valence-corrected chi connectivity index (χ4v) is 2.35. The molecule has 0 aromatic heterocycles. The normalized spacial score (nSPS) is 12.0. The molecule has 21 heavy (non-hydrogen) atoms. The summed E-state index contributed by atoms with van der Waals surface area (Å²) < 4.78 is 10.9. The molecule has 0 aliphatic heterocycles. The molecule has 1 atom stereocenters. The van der Waals surface area contributed by atoms with E-state index in [0.29, 0.717) is 6.61 Å². The van der Waals surface area contributed by atoms with Gasteiger partial charge in [-0.3, -0.25) is 5.84 Å². The molecule has 112 valence electrons. The molecule has 0 radical (unpaired) electrons. The third-order valence-corrected chi connectivity index (χ3v) is 3.39. The molecule has 0 aliphatic rings.